The molecule has 1 aromatic carbocycles. The van der Waals surface area contributed by atoms with Crippen LogP contribution in [0.4, 0.5) is 0 Å². The van der Waals surface area contributed by atoms with E-state index in [1.54, 1.807) is 24.3 Å². The standard InChI is InChI=1S/C12H13ClN4O2S/c13-11-6-9(7-14)3-4-12(11)20(18,19)16-8-10-2-1-5-15-17-10/h1-6,16H,7-8,14H2. The van der Waals surface area contributed by atoms with Crippen LogP contribution in [-0.4, -0.2) is 18.6 Å². The highest BCUT2D eigenvalue weighted by Gasteiger charge is 2.18. The summed E-state index contributed by atoms with van der Waals surface area (Å²) in [6.07, 6.45) is 1.51. The van der Waals surface area contributed by atoms with Crippen molar-refractivity contribution >= 4 is 21.6 Å². The van der Waals surface area contributed by atoms with Gasteiger partial charge >= 0.3 is 0 Å². The van der Waals surface area contributed by atoms with E-state index >= 15 is 0 Å². The molecular formula is C12H13ClN4O2S. The topological polar surface area (TPSA) is 98.0 Å². The van der Waals surface area contributed by atoms with Crippen molar-refractivity contribution in [3.8, 4) is 0 Å². The second-order valence-corrected chi connectivity index (χ2v) is 6.15. The maximum Gasteiger partial charge on any atom is 0.242 e. The lowest BCUT2D eigenvalue weighted by Crippen LogP contribution is -2.24. The summed E-state index contributed by atoms with van der Waals surface area (Å²) in [6, 6.07) is 7.96. The largest absolute Gasteiger partial charge is 0.326 e. The number of nitrogens with one attached hydrogen (secondary N) is 1. The van der Waals surface area contributed by atoms with Crippen LogP contribution in [0.3, 0.4) is 0 Å². The van der Waals surface area contributed by atoms with Gasteiger partial charge in [0, 0.05) is 12.7 Å². The maximum atomic E-state index is 12.2. The molecule has 0 unspecified atom stereocenters. The van der Waals surface area contributed by atoms with E-state index < -0.39 is 10.0 Å². The van der Waals surface area contributed by atoms with Gasteiger partial charge in [-0.15, -0.1) is 0 Å². The fourth-order valence-corrected chi connectivity index (χ4v) is 3.13. The van der Waals surface area contributed by atoms with Crippen molar-refractivity contribution in [3.63, 3.8) is 0 Å². The van der Waals surface area contributed by atoms with Crippen LogP contribution in [0.1, 0.15) is 11.3 Å². The van der Waals surface area contributed by atoms with Crippen molar-refractivity contribution in [2.24, 2.45) is 5.73 Å². The van der Waals surface area contributed by atoms with E-state index in [1.165, 1.54) is 12.3 Å². The molecule has 1 heterocycles. The van der Waals surface area contributed by atoms with Crippen molar-refractivity contribution in [1.29, 1.82) is 0 Å². The number of hydrogen-bond donors (Lipinski definition) is 2. The Hall–Kier alpha value is -1.54. The summed E-state index contributed by atoms with van der Waals surface area (Å²) in [5.41, 5.74) is 6.76. The summed E-state index contributed by atoms with van der Waals surface area (Å²) >= 11 is 5.97. The van der Waals surface area contributed by atoms with Crippen LogP contribution in [0.2, 0.25) is 5.02 Å². The molecule has 0 fully saturated rings. The van der Waals surface area contributed by atoms with E-state index in [2.05, 4.69) is 14.9 Å². The Morgan fingerprint density at radius 3 is 2.70 bits per heavy atom. The summed E-state index contributed by atoms with van der Waals surface area (Å²) < 4.78 is 26.7. The Kier molecular flexibility index (Phi) is 4.66. The third-order valence-electron chi connectivity index (χ3n) is 2.59. The van der Waals surface area contributed by atoms with Crippen molar-refractivity contribution in [3.05, 3.63) is 52.8 Å². The highest BCUT2D eigenvalue weighted by molar-refractivity contribution is 7.89. The number of nitrogens with zero attached hydrogens (tertiary/aromatic N) is 2. The fraction of sp³-hybridized carbons (Fsp3) is 0.167. The fourth-order valence-electron chi connectivity index (χ4n) is 1.56. The van der Waals surface area contributed by atoms with Crippen LogP contribution in [0, 0.1) is 0 Å². The smallest absolute Gasteiger partial charge is 0.242 e. The molecule has 6 nitrogen and oxygen atoms in total. The van der Waals surface area contributed by atoms with Crippen LogP contribution in [0.5, 0.6) is 0 Å². The van der Waals surface area contributed by atoms with Crippen LogP contribution in [-0.2, 0) is 23.1 Å². The second-order valence-electron chi connectivity index (χ2n) is 4.01. The molecule has 0 aliphatic heterocycles. The molecule has 8 heteroatoms. The first-order valence-electron chi connectivity index (χ1n) is 5.77. The van der Waals surface area contributed by atoms with Crippen molar-refractivity contribution in [1.82, 2.24) is 14.9 Å². The highest BCUT2D eigenvalue weighted by Crippen LogP contribution is 2.22. The average molecular weight is 313 g/mol. The number of hydrogen-bond acceptors (Lipinski definition) is 5. The van der Waals surface area contributed by atoms with Crippen molar-refractivity contribution in [2.45, 2.75) is 18.0 Å². The van der Waals surface area contributed by atoms with Gasteiger partial charge in [-0.3, -0.25) is 0 Å². The van der Waals surface area contributed by atoms with Crippen LogP contribution in [0.25, 0.3) is 0 Å². The van der Waals surface area contributed by atoms with Gasteiger partial charge in [-0.25, -0.2) is 13.1 Å². The summed E-state index contributed by atoms with van der Waals surface area (Å²) in [4.78, 5) is 0.0141. The van der Waals surface area contributed by atoms with E-state index in [0.29, 0.717) is 12.2 Å². The van der Waals surface area contributed by atoms with E-state index in [-0.39, 0.29) is 16.5 Å². The predicted molar refractivity (Wildman–Crippen MR) is 75.4 cm³/mol. The molecule has 2 rings (SSSR count). The van der Waals surface area contributed by atoms with Crippen molar-refractivity contribution in [2.75, 3.05) is 0 Å². The average Bonchev–Trinajstić information content (AvgIpc) is 2.46. The molecule has 0 amide bonds. The minimum atomic E-state index is -3.70. The molecule has 106 valence electrons. The van der Waals surface area contributed by atoms with Gasteiger partial charge in [-0.05, 0) is 29.8 Å². The Balaban J connectivity index is 2.18. The Labute approximate surface area is 122 Å². The third kappa shape index (κ3) is 3.51. The summed E-state index contributed by atoms with van der Waals surface area (Å²) in [5.74, 6) is 0. The van der Waals surface area contributed by atoms with E-state index in [4.69, 9.17) is 17.3 Å². The van der Waals surface area contributed by atoms with E-state index in [1.807, 2.05) is 0 Å². The summed E-state index contributed by atoms with van der Waals surface area (Å²) in [6.45, 7) is 0.345. The molecule has 0 bridgehead atoms. The first-order valence-corrected chi connectivity index (χ1v) is 7.64. The molecule has 0 aliphatic carbocycles. The van der Waals surface area contributed by atoms with Gasteiger partial charge in [0.1, 0.15) is 4.90 Å². The molecule has 0 radical (unpaired) electrons. The van der Waals surface area contributed by atoms with Gasteiger partial charge in [0.05, 0.1) is 17.3 Å². The molecular weight excluding hydrogens is 300 g/mol. The lowest BCUT2D eigenvalue weighted by molar-refractivity contribution is 0.580. The number of aromatic nitrogens is 2. The molecule has 3 N–H and O–H groups in total. The Morgan fingerprint density at radius 2 is 2.10 bits per heavy atom. The lowest BCUT2D eigenvalue weighted by Gasteiger charge is -2.08. The zero-order valence-corrected chi connectivity index (χ0v) is 12.0. The zero-order chi connectivity index (χ0) is 14.6. The normalized spacial score (nSPS) is 11.5. The van der Waals surface area contributed by atoms with Crippen LogP contribution >= 0.6 is 11.6 Å². The molecule has 0 saturated carbocycles. The molecule has 20 heavy (non-hydrogen) atoms. The summed E-state index contributed by atoms with van der Waals surface area (Å²) in [7, 11) is -3.70. The number of sulfonamides is 1. The van der Waals surface area contributed by atoms with E-state index in [0.717, 1.165) is 5.56 Å². The molecule has 2 aromatic rings. The number of halogens is 1. The van der Waals surface area contributed by atoms with E-state index in [9.17, 15) is 8.42 Å². The van der Waals surface area contributed by atoms with Crippen LogP contribution < -0.4 is 10.5 Å². The van der Waals surface area contributed by atoms with Gasteiger partial charge in [0.25, 0.3) is 0 Å². The molecule has 0 saturated heterocycles. The number of rotatable bonds is 5. The lowest BCUT2D eigenvalue weighted by atomic mass is 10.2. The quantitative estimate of drug-likeness (QED) is 0.860. The Bertz CT molecular complexity index is 692. The minimum absolute atomic E-state index is 0.0141. The number of benzene rings is 1. The van der Waals surface area contributed by atoms with Gasteiger partial charge in [-0.2, -0.15) is 10.2 Å². The summed E-state index contributed by atoms with van der Waals surface area (Å²) in [5, 5.41) is 7.61. The van der Waals surface area contributed by atoms with Gasteiger partial charge in [0.15, 0.2) is 0 Å². The minimum Gasteiger partial charge on any atom is -0.326 e. The van der Waals surface area contributed by atoms with Gasteiger partial charge in [0.2, 0.25) is 10.0 Å². The van der Waals surface area contributed by atoms with Crippen LogP contribution in [0.15, 0.2) is 41.4 Å². The number of nitrogens with two attached hydrogens (primary N) is 1. The van der Waals surface area contributed by atoms with Gasteiger partial charge < -0.3 is 5.73 Å². The zero-order valence-electron chi connectivity index (χ0n) is 10.5. The molecule has 1 aromatic heterocycles. The second kappa shape index (κ2) is 6.27. The predicted octanol–water partition coefficient (Wildman–Crippen LogP) is 1.07. The third-order valence-corrected chi connectivity index (χ3v) is 4.48. The SMILES string of the molecule is NCc1ccc(S(=O)(=O)NCc2cccnn2)c(Cl)c1. The van der Waals surface area contributed by atoms with Crippen molar-refractivity contribution < 1.29 is 8.42 Å². The van der Waals surface area contributed by atoms with Gasteiger partial charge in [-0.1, -0.05) is 17.7 Å². The molecule has 0 aliphatic rings. The monoisotopic (exact) mass is 312 g/mol. The Morgan fingerprint density at radius 1 is 1.30 bits per heavy atom. The highest BCUT2D eigenvalue weighted by atomic mass is 35.5. The maximum absolute atomic E-state index is 12.2. The molecule has 0 atom stereocenters. The molecule has 0 spiro atoms. The first kappa shape index (κ1) is 14.9. The first-order chi connectivity index (χ1) is 9.53.